The first-order valence-corrected chi connectivity index (χ1v) is 8.39. The van der Waals surface area contributed by atoms with E-state index in [1.54, 1.807) is 35.1 Å². The minimum absolute atomic E-state index is 0.144. The van der Waals surface area contributed by atoms with Crippen LogP contribution in [0.15, 0.2) is 30.6 Å². The predicted octanol–water partition coefficient (Wildman–Crippen LogP) is 1.80. The van der Waals surface area contributed by atoms with Crippen LogP contribution in [-0.2, 0) is 4.79 Å². The zero-order valence-electron chi connectivity index (χ0n) is 14.2. The Morgan fingerprint density at radius 3 is 2.50 bits per heavy atom. The van der Waals surface area contributed by atoms with Crippen LogP contribution in [0.5, 0.6) is 5.75 Å². The monoisotopic (exact) mass is 375 g/mol. The van der Waals surface area contributed by atoms with Crippen LogP contribution in [0.2, 0.25) is 5.02 Å². The number of aromatic nitrogens is 2. The molecule has 26 heavy (non-hydrogen) atoms. The molecule has 1 aromatic carbocycles. The van der Waals surface area contributed by atoms with Crippen LogP contribution in [0, 0.1) is 0 Å². The lowest BCUT2D eigenvalue weighted by molar-refractivity contribution is -0.119. The van der Waals surface area contributed by atoms with Gasteiger partial charge in [0.05, 0.1) is 17.7 Å². The summed E-state index contributed by atoms with van der Waals surface area (Å²) in [6, 6.07) is 5.23. The number of hydrogen-bond donors (Lipinski definition) is 1. The van der Waals surface area contributed by atoms with Gasteiger partial charge in [0.15, 0.2) is 0 Å². The van der Waals surface area contributed by atoms with Crippen molar-refractivity contribution in [1.82, 2.24) is 19.8 Å². The number of rotatable bonds is 5. The van der Waals surface area contributed by atoms with E-state index in [4.69, 9.17) is 16.3 Å². The van der Waals surface area contributed by atoms with Gasteiger partial charge in [0.25, 0.3) is 5.91 Å². The Balaban J connectivity index is 1.64. The first kappa shape index (κ1) is 17.9. The smallest absolute Gasteiger partial charge is 0.257 e. The summed E-state index contributed by atoms with van der Waals surface area (Å²) in [4.78, 5) is 34.9. The summed E-state index contributed by atoms with van der Waals surface area (Å²) >= 11 is 6.09. The molecule has 1 fully saturated rings. The maximum atomic E-state index is 12.5. The Hall–Kier alpha value is -2.87. The normalized spacial score (nSPS) is 14.1. The highest BCUT2D eigenvalue weighted by atomic mass is 35.5. The van der Waals surface area contributed by atoms with Crippen molar-refractivity contribution in [2.24, 2.45) is 0 Å². The maximum Gasteiger partial charge on any atom is 0.257 e. The van der Waals surface area contributed by atoms with Crippen LogP contribution >= 0.6 is 11.6 Å². The quantitative estimate of drug-likeness (QED) is 0.802. The van der Waals surface area contributed by atoms with E-state index in [1.165, 1.54) is 12.4 Å². The van der Waals surface area contributed by atoms with Gasteiger partial charge in [-0.15, -0.1) is 0 Å². The van der Waals surface area contributed by atoms with Gasteiger partial charge in [0.2, 0.25) is 12.4 Å². The summed E-state index contributed by atoms with van der Waals surface area (Å²) in [5, 5.41) is 3.49. The van der Waals surface area contributed by atoms with Gasteiger partial charge in [-0.3, -0.25) is 9.59 Å². The molecule has 0 saturated carbocycles. The fraction of sp³-hybridized carbons (Fsp3) is 0.294. The summed E-state index contributed by atoms with van der Waals surface area (Å²) in [7, 11) is 1.55. The van der Waals surface area contributed by atoms with E-state index in [-0.39, 0.29) is 5.91 Å². The van der Waals surface area contributed by atoms with Gasteiger partial charge in [-0.25, -0.2) is 9.97 Å². The average Bonchev–Trinajstić information content (AvgIpc) is 2.68. The highest BCUT2D eigenvalue weighted by Gasteiger charge is 2.21. The number of benzene rings is 1. The largest absolute Gasteiger partial charge is 0.495 e. The Kier molecular flexibility index (Phi) is 5.52. The lowest BCUT2D eigenvalue weighted by Gasteiger charge is -2.32. The van der Waals surface area contributed by atoms with Crippen LogP contribution < -0.4 is 10.1 Å². The summed E-state index contributed by atoms with van der Waals surface area (Å²) in [5.74, 6) is 0.789. The molecule has 0 radical (unpaired) electrons. The number of anilines is 2. The predicted molar refractivity (Wildman–Crippen MR) is 96.9 cm³/mol. The molecule has 3 rings (SSSR count). The third kappa shape index (κ3) is 4.02. The number of nitrogens with one attached hydrogen (secondary N) is 1. The van der Waals surface area contributed by atoms with E-state index in [2.05, 4.69) is 15.3 Å². The van der Waals surface area contributed by atoms with Gasteiger partial charge in [0.1, 0.15) is 5.75 Å². The van der Waals surface area contributed by atoms with E-state index >= 15 is 0 Å². The van der Waals surface area contributed by atoms with Crippen LogP contribution in [0.1, 0.15) is 10.4 Å². The number of halogens is 1. The molecule has 1 saturated heterocycles. The van der Waals surface area contributed by atoms with Crippen molar-refractivity contribution < 1.29 is 14.3 Å². The molecule has 9 heteroatoms. The van der Waals surface area contributed by atoms with E-state index < -0.39 is 0 Å². The number of amides is 2. The van der Waals surface area contributed by atoms with Crippen molar-refractivity contribution in [3.8, 4) is 5.75 Å². The molecule has 1 aromatic heterocycles. The number of ether oxygens (including phenoxy) is 1. The van der Waals surface area contributed by atoms with E-state index in [9.17, 15) is 9.59 Å². The van der Waals surface area contributed by atoms with Crippen LogP contribution in [0.4, 0.5) is 11.6 Å². The van der Waals surface area contributed by atoms with Gasteiger partial charge in [-0.05, 0) is 18.2 Å². The molecule has 0 spiro atoms. The number of methoxy groups -OCH3 is 1. The van der Waals surface area contributed by atoms with Crippen molar-refractivity contribution in [1.29, 1.82) is 0 Å². The molecule has 1 N–H and O–H groups in total. The van der Waals surface area contributed by atoms with E-state index in [0.29, 0.717) is 54.2 Å². The molecule has 2 aromatic rings. The Morgan fingerprint density at radius 2 is 1.92 bits per heavy atom. The number of carbonyl (C=O) groups is 2. The van der Waals surface area contributed by atoms with Gasteiger partial charge >= 0.3 is 0 Å². The fourth-order valence-electron chi connectivity index (χ4n) is 2.59. The molecule has 0 bridgehead atoms. The molecule has 0 unspecified atom stereocenters. The molecule has 2 heterocycles. The second-order valence-corrected chi connectivity index (χ2v) is 6.11. The first-order valence-electron chi connectivity index (χ1n) is 8.02. The zero-order valence-corrected chi connectivity index (χ0v) is 14.9. The molecule has 136 valence electrons. The third-order valence-corrected chi connectivity index (χ3v) is 4.35. The topological polar surface area (TPSA) is 87.7 Å². The second-order valence-electron chi connectivity index (χ2n) is 5.70. The summed E-state index contributed by atoms with van der Waals surface area (Å²) in [6.07, 6.45) is 3.76. The van der Waals surface area contributed by atoms with Crippen molar-refractivity contribution in [3.05, 3.63) is 41.2 Å². The maximum absolute atomic E-state index is 12.5. The number of nitrogens with zero attached hydrogens (tertiary/aromatic N) is 4. The van der Waals surface area contributed by atoms with Crippen LogP contribution in [0.3, 0.4) is 0 Å². The minimum atomic E-state index is -0.144. The SMILES string of the molecule is COc1ccc(Nc2ncc(C(=O)N3CCN(C=O)CC3)cn2)cc1Cl. The fourth-order valence-corrected chi connectivity index (χ4v) is 2.85. The molecular weight excluding hydrogens is 358 g/mol. The van der Waals surface area contributed by atoms with Gasteiger partial charge in [-0.2, -0.15) is 0 Å². The molecule has 8 nitrogen and oxygen atoms in total. The Morgan fingerprint density at radius 1 is 1.23 bits per heavy atom. The molecule has 2 amide bonds. The highest BCUT2D eigenvalue weighted by Crippen LogP contribution is 2.28. The number of carbonyl (C=O) groups excluding carboxylic acids is 2. The Bertz CT molecular complexity index is 791. The summed E-state index contributed by atoms with van der Waals surface area (Å²) in [6.45, 7) is 2.08. The van der Waals surface area contributed by atoms with Gasteiger partial charge < -0.3 is 19.9 Å². The van der Waals surface area contributed by atoms with Crippen LogP contribution in [-0.4, -0.2) is 65.4 Å². The highest BCUT2D eigenvalue weighted by molar-refractivity contribution is 6.32. The molecule has 1 aliphatic heterocycles. The third-order valence-electron chi connectivity index (χ3n) is 4.06. The van der Waals surface area contributed by atoms with Crippen molar-refractivity contribution in [2.75, 3.05) is 38.6 Å². The number of piperazine rings is 1. The standard InChI is InChI=1S/C17H18ClN5O3/c1-26-15-3-2-13(8-14(15)18)21-17-19-9-12(10-20-17)16(25)23-6-4-22(11-24)5-7-23/h2-3,8-11H,4-7H2,1H3,(H,19,20,21). The minimum Gasteiger partial charge on any atom is -0.495 e. The van der Waals surface area contributed by atoms with Crippen LogP contribution in [0.25, 0.3) is 0 Å². The van der Waals surface area contributed by atoms with Gasteiger partial charge in [0, 0.05) is 44.3 Å². The van der Waals surface area contributed by atoms with Crippen molar-refractivity contribution in [2.45, 2.75) is 0 Å². The molecular formula is C17H18ClN5O3. The zero-order chi connectivity index (χ0) is 18.5. The van der Waals surface area contributed by atoms with E-state index in [0.717, 1.165) is 6.41 Å². The van der Waals surface area contributed by atoms with E-state index in [1.807, 2.05) is 0 Å². The lowest BCUT2D eigenvalue weighted by Crippen LogP contribution is -2.48. The van der Waals surface area contributed by atoms with Gasteiger partial charge in [-0.1, -0.05) is 11.6 Å². The van der Waals surface area contributed by atoms with Crippen molar-refractivity contribution in [3.63, 3.8) is 0 Å². The average molecular weight is 376 g/mol. The summed E-state index contributed by atoms with van der Waals surface area (Å²) < 4.78 is 5.11. The number of hydrogen-bond acceptors (Lipinski definition) is 6. The Labute approximate surface area is 155 Å². The summed E-state index contributed by atoms with van der Waals surface area (Å²) in [5.41, 5.74) is 1.11. The first-order chi connectivity index (χ1) is 12.6. The second kappa shape index (κ2) is 8.01. The molecule has 0 atom stereocenters. The lowest BCUT2D eigenvalue weighted by atomic mass is 10.2. The molecule has 1 aliphatic rings. The molecule has 0 aliphatic carbocycles. The van der Waals surface area contributed by atoms with Crippen molar-refractivity contribution >= 4 is 35.6 Å².